The normalized spacial score (nSPS) is 26.4. The van der Waals surface area contributed by atoms with Gasteiger partial charge in [0, 0.05) is 12.6 Å². The predicted octanol–water partition coefficient (Wildman–Crippen LogP) is 1.80. The molecule has 1 aliphatic heterocycles. The zero-order valence-electron chi connectivity index (χ0n) is 11.9. The van der Waals surface area contributed by atoms with Gasteiger partial charge in [-0.15, -0.1) is 0 Å². The van der Waals surface area contributed by atoms with Crippen LogP contribution in [0.1, 0.15) is 37.3 Å². The molecule has 0 amide bonds. The first-order valence-electron chi connectivity index (χ1n) is 7.40. The van der Waals surface area contributed by atoms with Crippen molar-refractivity contribution >= 4 is 10.0 Å². The molecule has 0 radical (unpaired) electrons. The zero-order chi connectivity index (χ0) is 14.2. The van der Waals surface area contributed by atoms with Gasteiger partial charge >= 0.3 is 0 Å². The van der Waals surface area contributed by atoms with Crippen LogP contribution in [0.5, 0.6) is 0 Å². The minimum atomic E-state index is -3.39. The minimum Gasteiger partial charge on any atom is -0.312 e. The maximum atomic E-state index is 12.6. The van der Waals surface area contributed by atoms with Crippen LogP contribution in [0.4, 0.5) is 0 Å². The smallest absolute Gasteiger partial charge is 0.241 e. The molecule has 20 heavy (non-hydrogen) atoms. The van der Waals surface area contributed by atoms with E-state index >= 15 is 0 Å². The lowest BCUT2D eigenvalue weighted by Crippen LogP contribution is -2.34. The maximum Gasteiger partial charge on any atom is 0.241 e. The van der Waals surface area contributed by atoms with Crippen LogP contribution in [0.3, 0.4) is 0 Å². The molecule has 2 aliphatic rings. The van der Waals surface area contributed by atoms with E-state index in [-0.39, 0.29) is 6.04 Å². The molecule has 2 atom stereocenters. The van der Waals surface area contributed by atoms with Crippen LogP contribution >= 0.6 is 0 Å². The van der Waals surface area contributed by atoms with Crippen LogP contribution in [0.2, 0.25) is 0 Å². The maximum absolute atomic E-state index is 12.6. The molecule has 0 bridgehead atoms. The third-order valence-electron chi connectivity index (χ3n) is 4.40. The van der Waals surface area contributed by atoms with Crippen molar-refractivity contribution in [2.75, 3.05) is 6.54 Å². The summed E-state index contributed by atoms with van der Waals surface area (Å²) in [6.45, 7) is 3.80. The van der Waals surface area contributed by atoms with Crippen LogP contribution < -0.4 is 10.0 Å². The number of nitrogens with one attached hydrogen (secondary N) is 2. The fourth-order valence-electron chi connectivity index (χ4n) is 3.35. The van der Waals surface area contributed by atoms with Crippen molar-refractivity contribution in [1.82, 2.24) is 10.0 Å². The highest BCUT2D eigenvalue weighted by atomic mass is 32.2. The summed E-state index contributed by atoms with van der Waals surface area (Å²) in [5.74, 6) is 0.622. The van der Waals surface area contributed by atoms with E-state index in [4.69, 9.17) is 0 Å². The van der Waals surface area contributed by atoms with Gasteiger partial charge in [-0.1, -0.05) is 19.1 Å². The standard InChI is InChI=1S/C15H22N2O2S/c1-11-5-6-13(9-11)17-20(18,19)15-4-2-3-12-10-16-8-7-14(12)15/h2-4,11,13,16-17H,5-10H2,1H3. The Morgan fingerprint density at radius 2 is 2.15 bits per heavy atom. The Bertz CT molecular complexity index is 598. The highest BCUT2D eigenvalue weighted by molar-refractivity contribution is 7.89. The zero-order valence-corrected chi connectivity index (χ0v) is 12.7. The van der Waals surface area contributed by atoms with Crippen molar-refractivity contribution in [2.45, 2.75) is 50.1 Å². The quantitative estimate of drug-likeness (QED) is 0.894. The lowest BCUT2D eigenvalue weighted by Gasteiger charge is -2.21. The van der Waals surface area contributed by atoms with Crippen LogP contribution in [-0.2, 0) is 23.0 Å². The highest BCUT2D eigenvalue weighted by Crippen LogP contribution is 2.28. The number of benzene rings is 1. The summed E-state index contributed by atoms with van der Waals surface area (Å²) >= 11 is 0. The van der Waals surface area contributed by atoms with Gasteiger partial charge in [-0.25, -0.2) is 13.1 Å². The fraction of sp³-hybridized carbons (Fsp3) is 0.600. The van der Waals surface area contributed by atoms with Crippen molar-refractivity contribution in [2.24, 2.45) is 5.92 Å². The van der Waals surface area contributed by atoms with Gasteiger partial charge in [-0.05, 0) is 55.3 Å². The Morgan fingerprint density at radius 1 is 1.30 bits per heavy atom. The molecule has 2 N–H and O–H groups in total. The fourth-order valence-corrected chi connectivity index (χ4v) is 4.94. The molecule has 1 heterocycles. The van der Waals surface area contributed by atoms with Crippen LogP contribution in [0.15, 0.2) is 23.1 Å². The summed E-state index contributed by atoms with van der Waals surface area (Å²) in [4.78, 5) is 0.482. The average Bonchev–Trinajstić information content (AvgIpc) is 2.82. The Hall–Kier alpha value is -0.910. The van der Waals surface area contributed by atoms with Gasteiger partial charge in [-0.2, -0.15) is 0 Å². The van der Waals surface area contributed by atoms with E-state index in [1.807, 2.05) is 12.1 Å². The molecule has 1 aliphatic carbocycles. The highest BCUT2D eigenvalue weighted by Gasteiger charge is 2.28. The van der Waals surface area contributed by atoms with E-state index in [1.54, 1.807) is 6.07 Å². The molecule has 3 rings (SSSR count). The van der Waals surface area contributed by atoms with E-state index in [0.717, 1.165) is 49.9 Å². The molecule has 110 valence electrons. The number of hydrogen-bond donors (Lipinski definition) is 2. The van der Waals surface area contributed by atoms with Crippen LogP contribution in [0, 0.1) is 5.92 Å². The first kappa shape index (κ1) is 14.0. The van der Waals surface area contributed by atoms with E-state index < -0.39 is 10.0 Å². The number of fused-ring (bicyclic) bond motifs is 1. The number of hydrogen-bond acceptors (Lipinski definition) is 3. The summed E-state index contributed by atoms with van der Waals surface area (Å²) in [7, 11) is -3.39. The molecule has 0 saturated heterocycles. The third-order valence-corrected chi connectivity index (χ3v) is 6.01. The molecule has 0 aromatic heterocycles. The van der Waals surface area contributed by atoms with Crippen LogP contribution in [0.25, 0.3) is 0 Å². The molecule has 5 heteroatoms. The molecule has 1 saturated carbocycles. The van der Waals surface area contributed by atoms with E-state index in [9.17, 15) is 8.42 Å². The number of rotatable bonds is 3. The van der Waals surface area contributed by atoms with Gasteiger partial charge in [0.25, 0.3) is 0 Å². The molecule has 2 unspecified atom stereocenters. The van der Waals surface area contributed by atoms with Crippen molar-refractivity contribution in [3.05, 3.63) is 29.3 Å². The molecular formula is C15H22N2O2S. The lowest BCUT2D eigenvalue weighted by atomic mass is 10.0. The Balaban J connectivity index is 1.87. The second-order valence-corrected chi connectivity index (χ2v) is 7.74. The Labute approximate surface area is 121 Å². The van der Waals surface area contributed by atoms with Gasteiger partial charge in [0.05, 0.1) is 4.90 Å². The topological polar surface area (TPSA) is 58.2 Å². The van der Waals surface area contributed by atoms with Gasteiger partial charge in [0.1, 0.15) is 0 Å². The second kappa shape index (κ2) is 5.47. The number of sulfonamides is 1. The van der Waals surface area contributed by atoms with Crippen molar-refractivity contribution in [3.8, 4) is 0 Å². The first-order chi connectivity index (χ1) is 9.56. The largest absolute Gasteiger partial charge is 0.312 e. The van der Waals surface area contributed by atoms with Gasteiger partial charge in [0.2, 0.25) is 10.0 Å². The first-order valence-corrected chi connectivity index (χ1v) is 8.88. The predicted molar refractivity (Wildman–Crippen MR) is 79.0 cm³/mol. The summed E-state index contributed by atoms with van der Waals surface area (Å²) in [5.41, 5.74) is 2.10. The molecule has 1 aromatic carbocycles. The van der Waals surface area contributed by atoms with Crippen LogP contribution in [-0.4, -0.2) is 21.0 Å². The van der Waals surface area contributed by atoms with E-state index in [2.05, 4.69) is 17.0 Å². The lowest BCUT2D eigenvalue weighted by molar-refractivity contribution is 0.536. The molecule has 1 aromatic rings. The van der Waals surface area contributed by atoms with Crippen molar-refractivity contribution in [1.29, 1.82) is 0 Å². The molecule has 1 fully saturated rings. The third kappa shape index (κ3) is 2.75. The monoisotopic (exact) mass is 294 g/mol. The molecule has 0 spiro atoms. The van der Waals surface area contributed by atoms with Crippen molar-refractivity contribution in [3.63, 3.8) is 0 Å². The van der Waals surface area contributed by atoms with Crippen molar-refractivity contribution < 1.29 is 8.42 Å². The van der Waals surface area contributed by atoms with Gasteiger partial charge < -0.3 is 5.32 Å². The molecule has 4 nitrogen and oxygen atoms in total. The summed E-state index contributed by atoms with van der Waals surface area (Å²) in [6, 6.07) is 5.70. The average molecular weight is 294 g/mol. The summed E-state index contributed by atoms with van der Waals surface area (Å²) in [5, 5.41) is 3.28. The van der Waals surface area contributed by atoms with E-state index in [0.29, 0.717) is 10.8 Å². The van der Waals surface area contributed by atoms with Gasteiger partial charge in [-0.3, -0.25) is 0 Å². The van der Waals surface area contributed by atoms with Gasteiger partial charge in [0.15, 0.2) is 0 Å². The van der Waals surface area contributed by atoms with E-state index in [1.165, 1.54) is 0 Å². The SMILES string of the molecule is CC1CCC(NS(=O)(=O)c2cccc3c2CCNC3)C1. The Morgan fingerprint density at radius 3 is 2.90 bits per heavy atom. The Kier molecular flexibility index (Phi) is 3.84. The molecular weight excluding hydrogens is 272 g/mol. The second-order valence-electron chi connectivity index (χ2n) is 6.06. The minimum absolute atomic E-state index is 0.104. The summed E-state index contributed by atoms with van der Waals surface area (Å²) in [6.07, 6.45) is 3.81. The summed E-state index contributed by atoms with van der Waals surface area (Å²) < 4.78 is 28.2.